The molecule has 4 rings (SSSR count). The van der Waals surface area contributed by atoms with E-state index in [2.05, 4.69) is 10.4 Å². The number of para-hydroxylation sites is 3. The van der Waals surface area contributed by atoms with Crippen molar-refractivity contribution in [3.05, 3.63) is 66.5 Å². The Kier molecular flexibility index (Phi) is 4.80. The van der Waals surface area contributed by atoms with Crippen molar-refractivity contribution < 1.29 is 14.3 Å². The summed E-state index contributed by atoms with van der Waals surface area (Å²) in [5, 5.41) is 7.26. The lowest BCUT2D eigenvalue weighted by Crippen LogP contribution is -2.25. The first-order valence-electron chi connectivity index (χ1n) is 9.07. The molecule has 1 saturated heterocycles. The third-order valence-corrected chi connectivity index (χ3v) is 4.65. The summed E-state index contributed by atoms with van der Waals surface area (Å²) in [5.74, 6) is 0.0364. The van der Waals surface area contributed by atoms with Gasteiger partial charge in [0, 0.05) is 13.0 Å². The summed E-state index contributed by atoms with van der Waals surface area (Å²) >= 11 is 0. The molecule has 0 aliphatic carbocycles. The maximum absolute atomic E-state index is 12.9. The minimum Gasteiger partial charge on any atom is -0.493 e. The van der Waals surface area contributed by atoms with Gasteiger partial charge in [-0.15, -0.1) is 0 Å². The van der Waals surface area contributed by atoms with Crippen LogP contribution in [0.1, 0.15) is 23.3 Å². The van der Waals surface area contributed by atoms with Gasteiger partial charge in [-0.3, -0.25) is 9.59 Å². The van der Waals surface area contributed by atoms with Crippen LogP contribution in [-0.4, -0.2) is 35.2 Å². The quantitative estimate of drug-likeness (QED) is 0.742. The minimum atomic E-state index is -0.398. The van der Waals surface area contributed by atoms with Gasteiger partial charge >= 0.3 is 0 Å². The Morgan fingerprint density at radius 2 is 1.86 bits per heavy atom. The molecule has 7 nitrogen and oxygen atoms in total. The molecule has 0 unspecified atom stereocenters. The van der Waals surface area contributed by atoms with Crippen LogP contribution in [0.3, 0.4) is 0 Å². The van der Waals surface area contributed by atoms with E-state index in [0.717, 1.165) is 12.1 Å². The Morgan fingerprint density at radius 1 is 1.11 bits per heavy atom. The van der Waals surface area contributed by atoms with Crippen LogP contribution in [0, 0.1) is 0 Å². The van der Waals surface area contributed by atoms with Crippen LogP contribution in [0.4, 0.5) is 11.4 Å². The molecule has 2 aromatic carbocycles. The highest BCUT2D eigenvalue weighted by Gasteiger charge is 2.25. The predicted octanol–water partition coefficient (Wildman–Crippen LogP) is 3.26. The zero-order chi connectivity index (χ0) is 19.5. The molecule has 0 saturated carbocycles. The number of benzene rings is 2. The number of anilines is 2. The van der Waals surface area contributed by atoms with Crippen molar-refractivity contribution in [1.82, 2.24) is 9.78 Å². The highest BCUT2D eigenvalue weighted by atomic mass is 16.5. The topological polar surface area (TPSA) is 76.5 Å². The number of hydrogen-bond acceptors (Lipinski definition) is 4. The summed E-state index contributed by atoms with van der Waals surface area (Å²) in [4.78, 5) is 26.7. The minimum absolute atomic E-state index is 0.0626. The van der Waals surface area contributed by atoms with Gasteiger partial charge in [0.25, 0.3) is 5.91 Å². The van der Waals surface area contributed by atoms with Crippen molar-refractivity contribution >= 4 is 23.2 Å². The maximum atomic E-state index is 12.9. The lowest BCUT2D eigenvalue weighted by atomic mass is 10.2. The van der Waals surface area contributed by atoms with Crippen molar-refractivity contribution in [2.24, 2.45) is 0 Å². The van der Waals surface area contributed by atoms with Crippen LogP contribution in [0.5, 0.6) is 5.75 Å². The summed E-state index contributed by atoms with van der Waals surface area (Å²) in [6.07, 6.45) is 3.01. The Morgan fingerprint density at radius 3 is 2.57 bits per heavy atom. The average molecular weight is 376 g/mol. The zero-order valence-electron chi connectivity index (χ0n) is 15.5. The number of methoxy groups -OCH3 is 1. The summed E-state index contributed by atoms with van der Waals surface area (Å²) < 4.78 is 6.95. The van der Waals surface area contributed by atoms with Crippen molar-refractivity contribution in [3.63, 3.8) is 0 Å². The second-order valence-corrected chi connectivity index (χ2v) is 6.45. The number of nitrogens with one attached hydrogen (secondary N) is 1. The monoisotopic (exact) mass is 376 g/mol. The molecule has 1 N–H and O–H groups in total. The van der Waals surface area contributed by atoms with Gasteiger partial charge < -0.3 is 15.0 Å². The van der Waals surface area contributed by atoms with Crippen LogP contribution in [0.15, 0.2) is 60.8 Å². The van der Waals surface area contributed by atoms with Gasteiger partial charge in [0.15, 0.2) is 11.4 Å². The summed E-state index contributed by atoms with van der Waals surface area (Å²) in [6, 6.07) is 16.8. The highest BCUT2D eigenvalue weighted by molar-refractivity contribution is 6.08. The van der Waals surface area contributed by atoms with Crippen molar-refractivity contribution in [3.8, 4) is 11.4 Å². The van der Waals surface area contributed by atoms with Crippen LogP contribution in [0.25, 0.3) is 5.69 Å². The Labute approximate surface area is 162 Å². The first-order valence-corrected chi connectivity index (χ1v) is 9.07. The van der Waals surface area contributed by atoms with Gasteiger partial charge in [-0.1, -0.05) is 30.3 Å². The fraction of sp³-hybridized carbons (Fsp3) is 0.190. The maximum Gasteiger partial charge on any atom is 0.280 e. The van der Waals surface area contributed by atoms with E-state index >= 15 is 0 Å². The Hall–Kier alpha value is -3.61. The largest absolute Gasteiger partial charge is 0.493 e. The Bertz CT molecular complexity index is 1010. The molecule has 0 bridgehead atoms. The molecule has 28 heavy (non-hydrogen) atoms. The number of aromatic nitrogens is 2. The second-order valence-electron chi connectivity index (χ2n) is 6.45. The van der Waals surface area contributed by atoms with E-state index in [1.165, 1.54) is 7.11 Å². The molecule has 1 fully saturated rings. The number of nitrogens with zero attached hydrogens (tertiary/aromatic N) is 3. The van der Waals surface area contributed by atoms with Gasteiger partial charge in [0.1, 0.15) is 0 Å². The van der Waals surface area contributed by atoms with Crippen LogP contribution < -0.4 is 15.0 Å². The smallest absolute Gasteiger partial charge is 0.280 e. The first-order chi connectivity index (χ1) is 13.7. The van der Waals surface area contributed by atoms with Gasteiger partial charge in [0.05, 0.1) is 30.4 Å². The lowest BCUT2D eigenvalue weighted by molar-refractivity contribution is -0.117. The first kappa shape index (κ1) is 17.8. The van der Waals surface area contributed by atoms with Crippen molar-refractivity contribution in [1.29, 1.82) is 0 Å². The summed E-state index contributed by atoms with van der Waals surface area (Å²) in [6.45, 7) is 0.650. The number of rotatable bonds is 5. The molecule has 0 spiro atoms. The SMILES string of the molecule is COc1cn(-c2ccccc2)nc1C(=O)Nc1ccccc1N1CCCC1=O. The van der Waals surface area contributed by atoms with E-state index in [-0.39, 0.29) is 11.6 Å². The van der Waals surface area contributed by atoms with Gasteiger partial charge in [-0.2, -0.15) is 5.10 Å². The molecular weight excluding hydrogens is 356 g/mol. The molecule has 2 heterocycles. The molecule has 1 aliphatic heterocycles. The van der Waals surface area contributed by atoms with Crippen LogP contribution >= 0.6 is 0 Å². The number of carbonyl (C=O) groups is 2. The number of hydrogen-bond donors (Lipinski definition) is 1. The molecule has 142 valence electrons. The third kappa shape index (κ3) is 3.34. The van der Waals surface area contributed by atoms with Crippen LogP contribution in [0.2, 0.25) is 0 Å². The average Bonchev–Trinajstić information content (AvgIpc) is 3.35. The summed E-state index contributed by atoms with van der Waals surface area (Å²) in [5.41, 5.74) is 2.26. The molecule has 1 aromatic heterocycles. The molecular formula is C21H20N4O3. The molecule has 0 radical (unpaired) electrons. The van der Waals surface area contributed by atoms with E-state index in [4.69, 9.17) is 4.74 Å². The van der Waals surface area contributed by atoms with E-state index in [1.54, 1.807) is 21.8 Å². The number of amides is 2. The lowest BCUT2D eigenvalue weighted by Gasteiger charge is -2.19. The predicted molar refractivity (Wildman–Crippen MR) is 106 cm³/mol. The van der Waals surface area contributed by atoms with E-state index in [1.807, 2.05) is 48.5 Å². The molecule has 1 aliphatic rings. The number of carbonyl (C=O) groups excluding carboxylic acids is 2. The molecule has 3 aromatic rings. The van der Waals surface area contributed by atoms with Crippen molar-refractivity contribution in [2.75, 3.05) is 23.9 Å². The highest BCUT2D eigenvalue weighted by Crippen LogP contribution is 2.30. The Balaban J connectivity index is 1.63. The summed E-state index contributed by atoms with van der Waals surface area (Å²) in [7, 11) is 1.50. The van der Waals surface area contributed by atoms with Gasteiger partial charge in [0.2, 0.25) is 5.91 Å². The third-order valence-electron chi connectivity index (χ3n) is 4.65. The fourth-order valence-electron chi connectivity index (χ4n) is 3.28. The standard InChI is InChI=1S/C21H20N4O3/c1-28-18-14-25(15-8-3-2-4-9-15)23-20(18)21(27)22-16-10-5-6-11-17(16)24-13-7-12-19(24)26/h2-6,8-11,14H,7,12-13H2,1H3,(H,22,27). The van der Waals surface area contributed by atoms with Crippen molar-refractivity contribution in [2.45, 2.75) is 12.8 Å². The normalized spacial score (nSPS) is 13.6. The van der Waals surface area contributed by atoms with Crippen LogP contribution in [-0.2, 0) is 4.79 Å². The fourth-order valence-corrected chi connectivity index (χ4v) is 3.28. The van der Waals surface area contributed by atoms with E-state index < -0.39 is 5.91 Å². The molecule has 0 atom stereocenters. The zero-order valence-corrected chi connectivity index (χ0v) is 15.5. The second kappa shape index (κ2) is 7.56. The van der Waals surface area contributed by atoms with Gasteiger partial charge in [-0.05, 0) is 30.7 Å². The van der Waals surface area contributed by atoms with E-state index in [0.29, 0.717) is 30.1 Å². The molecule has 7 heteroatoms. The number of ether oxygens (including phenoxy) is 1. The molecule has 2 amide bonds. The van der Waals surface area contributed by atoms with E-state index in [9.17, 15) is 9.59 Å². The van der Waals surface area contributed by atoms with Gasteiger partial charge in [-0.25, -0.2) is 4.68 Å².